The van der Waals surface area contributed by atoms with Crippen molar-refractivity contribution in [2.24, 2.45) is 0 Å². The number of methoxy groups -OCH3 is 1. The Morgan fingerprint density at radius 1 is 1.55 bits per heavy atom. The Hall–Kier alpha value is -2.11. The third kappa shape index (κ3) is 3.69. The van der Waals surface area contributed by atoms with Gasteiger partial charge in [-0.1, -0.05) is 0 Å². The highest BCUT2D eigenvalue weighted by atomic mass is 16.5. The summed E-state index contributed by atoms with van der Waals surface area (Å²) in [6.07, 6.45) is 3.90. The fourth-order valence-electron chi connectivity index (χ4n) is 2.18. The Labute approximate surface area is 118 Å². The zero-order chi connectivity index (χ0) is 14.4. The Morgan fingerprint density at radius 2 is 2.40 bits per heavy atom. The molecule has 0 bridgehead atoms. The van der Waals surface area contributed by atoms with Gasteiger partial charge in [0, 0.05) is 43.9 Å². The number of rotatable bonds is 6. The average molecular weight is 277 g/mol. The average Bonchev–Trinajstić information content (AvgIpc) is 2.89. The number of hydrogen-bond acceptors (Lipinski definition) is 4. The Morgan fingerprint density at radius 3 is 3.10 bits per heavy atom. The van der Waals surface area contributed by atoms with Crippen LogP contribution in [0.1, 0.15) is 29.6 Å². The zero-order valence-corrected chi connectivity index (χ0v) is 11.6. The van der Waals surface area contributed by atoms with Crippen LogP contribution in [0.3, 0.4) is 0 Å². The predicted octanol–water partition coefficient (Wildman–Crippen LogP) is 0.832. The van der Waals surface area contributed by atoms with Crippen molar-refractivity contribution in [1.29, 1.82) is 0 Å². The fourth-order valence-corrected chi connectivity index (χ4v) is 2.18. The summed E-state index contributed by atoms with van der Waals surface area (Å²) in [5.74, 6) is 0.481. The summed E-state index contributed by atoms with van der Waals surface area (Å²) < 4.78 is 4.97. The van der Waals surface area contributed by atoms with Gasteiger partial charge in [-0.05, 0) is 18.9 Å². The monoisotopic (exact) mass is 277 g/mol. The van der Waals surface area contributed by atoms with Crippen LogP contribution >= 0.6 is 0 Å². The van der Waals surface area contributed by atoms with Gasteiger partial charge in [-0.3, -0.25) is 9.59 Å². The highest BCUT2D eigenvalue weighted by molar-refractivity contribution is 5.94. The summed E-state index contributed by atoms with van der Waals surface area (Å²) in [7, 11) is 1.51. The number of amides is 2. The quantitative estimate of drug-likeness (QED) is 0.782. The highest BCUT2D eigenvalue weighted by Crippen LogP contribution is 2.10. The van der Waals surface area contributed by atoms with E-state index in [2.05, 4.69) is 10.3 Å². The van der Waals surface area contributed by atoms with E-state index in [1.54, 1.807) is 12.1 Å². The molecule has 0 atom stereocenters. The molecule has 1 fully saturated rings. The summed E-state index contributed by atoms with van der Waals surface area (Å²) >= 11 is 0. The molecular weight excluding hydrogens is 258 g/mol. The van der Waals surface area contributed by atoms with Gasteiger partial charge in [-0.25, -0.2) is 4.98 Å². The first-order valence-corrected chi connectivity index (χ1v) is 6.76. The molecule has 0 aromatic carbocycles. The van der Waals surface area contributed by atoms with Crippen LogP contribution in [0.15, 0.2) is 18.3 Å². The molecule has 1 N–H and O–H groups in total. The number of nitrogens with one attached hydrogen (secondary N) is 1. The van der Waals surface area contributed by atoms with Crippen LogP contribution in [-0.4, -0.2) is 48.4 Å². The molecule has 2 heterocycles. The number of pyridine rings is 1. The number of likely N-dealkylation sites (tertiary alicyclic amines) is 1. The van der Waals surface area contributed by atoms with E-state index in [4.69, 9.17) is 4.74 Å². The van der Waals surface area contributed by atoms with Gasteiger partial charge in [-0.15, -0.1) is 0 Å². The van der Waals surface area contributed by atoms with Gasteiger partial charge in [0.1, 0.15) is 0 Å². The van der Waals surface area contributed by atoms with Gasteiger partial charge >= 0.3 is 0 Å². The van der Waals surface area contributed by atoms with Crippen LogP contribution in [0.2, 0.25) is 0 Å². The standard InChI is InChI=1S/C14H19N3O3/c1-20-12-10-11(5-7-15-12)14(19)16-6-3-9-17-8-2-4-13(17)18/h5,7,10H,2-4,6,8-9H2,1H3,(H,16,19). The molecule has 0 spiro atoms. The van der Waals surface area contributed by atoms with Crippen molar-refractivity contribution in [3.63, 3.8) is 0 Å². The van der Waals surface area contributed by atoms with Crippen molar-refractivity contribution < 1.29 is 14.3 Å². The van der Waals surface area contributed by atoms with E-state index in [0.717, 1.165) is 19.4 Å². The highest BCUT2D eigenvalue weighted by Gasteiger charge is 2.19. The largest absolute Gasteiger partial charge is 0.481 e. The van der Waals surface area contributed by atoms with Gasteiger partial charge in [0.25, 0.3) is 5.91 Å². The smallest absolute Gasteiger partial charge is 0.251 e. The molecule has 6 heteroatoms. The maximum absolute atomic E-state index is 11.9. The molecular formula is C14H19N3O3. The Balaban J connectivity index is 1.73. The molecule has 0 unspecified atom stereocenters. The number of aromatic nitrogens is 1. The number of carbonyl (C=O) groups is 2. The van der Waals surface area contributed by atoms with E-state index in [0.29, 0.717) is 31.0 Å². The van der Waals surface area contributed by atoms with Crippen LogP contribution in [0.5, 0.6) is 5.88 Å². The minimum Gasteiger partial charge on any atom is -0.481 e. The fraction of sp³-hybridized carbons (Fsp3) is 0.500. The molecule has 2 amide bonds. The molecule has 1 aromatic rings. The van der Waals surface area contributed by atoms with Crippen LogP contribution in [0.25, 0.3) is 0 Å². The van der Waals surface area contributed by atoms with Gasteiger partial charge in [0.2, 0.25) is 11.8 Å². The first kappa shape index (κ1) is 14.3. The lowest BCUT2D eigenvalue weighted by atomic mass is 10.2. The Bertz CT molecular complexity index is 490. The second kappa shape index (κ2) is 6.88. The van der Waals surface area contributed by atoms with Crippen LogP contribution in [0, 0.1) is 0 Å². The van der Waals surface area contributed by atoms with Crippen LogP contribution < -0.4 is 10.1 Å². The second-order valence-electron chi connectivity index (χ2n) is 4.68. The molecule has 1 aromatic heterocycles. The number of hydrogen-bond donors (Lipinski definition) is 1. The van der Waals surface area contributed by atoms with Crippen molar-refractivity contribution in [3.8, 4) is 5.88 Å². The maximum atomic E-state index is 11.9. The molecule has 0 saturated carbocycles. The molecule has 20 heavy (non-hydrogen) atoms. The lowest BCUT2D eigenvalue weighted by Gasteiger charge is -2.15. The lowest BCUT2D eigenvalue weighted by Crippen LogP contribution is -2.30. The van der Waals surface area contributed by atoms with E-state index >= 15 is 0 Å². The summed E-state index contributed by atoms with van der Waals surface area (Å²) in [5.41, 5.74) is 0.522. The molecule has 6 nitrogen and oxygen atoms in total. The van der Waals surface area contributed by atoms with Crippen molar-refractivity contribution in [2.45, 2.75) is 19.3 Å². The van der Waals surface area contributed by atoms with E-state index in [1.807, 2.05) is 4.90 Å². The molecule has 0 radical (unpaired) electrons. The normalized spacial score (nSPS) is 14.4. The first-order chi connectivity index (χ1) is 9.70. The summed E-state index contributed by atoms with van der Waals surface area (Å²) in [6, 6.07) is 3.24. The molecule has 1 aliphatic heterocycles. The maximum Gasteiger partial charge on any atom is 0.251 e. The van der Waals surface area contributed by atoms with Gasteiger partial charge in [0.15, 0.2) is 0 Å². The van der Waals surface area contributed by atoms with Crippen LogP contribution in [0.4, 0.5) is 0 Å². The van der Waals surface area contributed by atoms with Crippen molar-refractivity contribution in [2.75, 3.05) is 26.7 Å². The Kier molecular flexibility index (Phi) is 4.92. The van der Waals surface area contributed by atoms with Gasteiger partial charge in [-0.2, -0.15) is 0 Å². The lowest BCUT2D eigenvalue weighted by molar-refractivity contribution is -0.127. The number of nitrogens with zero attached hydrogens (tertiary/aromatic N) is 2. The SMILES string of the molecule is COc1cc(C(=O)NCCCN2CCCC2=O)ccn1. The zero-order valence-electron chi connectivity index (χ0n) is 11.6. The number of ether oxygens (including phenoxy) is 1. The van der Waals surface area contributed by atoms with Crippen molar-refractivity contribution in [3.05, 3.63) is 23.9 Å². The van der Waals surface area contributed by atoms with Crippen molar-refractivity contribution >= 4 is 11.8 Å². The van der Waals surface area contributed by atoms with E-state index in [-0.39, 0.29) is 11.8 Å². The predicted molar refractivity (Wildman–Crippen MR) is 73.6 cm³/mol. The van der Waals surface area contributed by atoms with E-state index in [9.17, 15) is 9.59 Å². The number of carbonyl (C=O) groups excluding carboxylic acids is 2. The minimum absolute atomic E-state index is 0.154. The van der Waals surface area contributed by atoms with Crippen molar-refractivity contribution in [1.82, 2.24) is 15.2 Å². The molecule has 1 saturated heterocycles. The first-order valence-electron chi connectivity index (χ1n) is 6.76. The second-order valence-corrected chi connectivity index (χ2v) is 4.68. The van der Waals surface area contributed by atoms with E-state index in [1.165, 1.54) is 13.3 Å². The summed E-state index contributed by atoms with van der Waals surface area (Å²) in [6.45, 7) is 2.10. The van der Waals surface area contributed by atoms with Gasteiger partial charge < -0.3 is 15.0 Å². The minimum atomic E-state index is -0.154. The molecule has 1 aliphatic rings. The third-order valence-corrected chi connectivity index (χ3v) is 3.27. The molecule has 0 aliphatic carbocycles. The molecule has 2 rings (SSSR count). The summed E-state index contributed by atoms with van der Waals surface area (Å²) in [4.78, 5) is 29.1. The molecule has 108 valence electrons. The topological polar surface area (TPSA) is 71.5 Å². The third-order valence-electron chi connectivity index (χ3n) is 3.27. The van der Waals surface area contributed by atoms with E-state index < -0.39 is 0 Å². The summed E-state index contributed by atoms with van der Waals surface area (Å²) in [5, 5.41) is 2.83. The van der Waals surface area contributed by atoms with Crippen LogP contribution in [-0.2, 0) is 4.79 Å². The van der Waals surface area contributed by atoms with Gasteiger partial charge in [0.05, 0.1) is 7.11 Å².